The molecule has 4 rings (SSSR count). The van der Waals surface area contributed by atoms with E-state index in [1.807, 2.05) is 25.1 Å². The molecule has 36 heavy (non-hydrogen) atoms. The van der Waals surface area contributed by atoms with Gasteiger partial charge in [-0.25, -0.2) is 9.78 Å². The molecular weight excluding hydrogens is 456 g/mol. The molecule has 0 radical (unpaired) electrons. The summed E-state index contributed by atoms with van der Waals surface area (Å²) in [6, 6.07) is 4.54. The fourth-order valence-electron chi connectivity index (χ4n) is 4.88. The number of ether oxygens (including phenoxy) is 1. The Balaban J connectivity index is 1.43. The van der Waals surface area contributed by atoms with Gasteiger partial charge in [0.15, 0.2) is 6.04 Å². The largest absolute Gasteiger partial charge is 0.493 e. The van der Waals surface area contributed by atoms with E-state index in [1.54, 1.807) is 12.1 Å². The lowest BCUT2D eigenvalue weighted by molar-refractivity contribution is -0.149. The van der Waals surface area contributed by atoms with Crippen LogP contribution in [0.4, 0.5) is 0 Å². The lowest BCUT2D eigenvalue weighted by Crippen LogP contribution is -2.43. The molecule has 192 valence electrons. The summed E-state index contributed by atoms with van der Waals surface area (Å²) in [5.74, 6) is 1.29. The number of aryl methyl sites for hydroxylation is 1. The Morgan fingerprint density at radius 1 is 1.25 bits per heavy atom. The smallest absolute Gasteiger partial charge is 0.331 e. The first kappa shape index (κ1) is 25.7. The zero-order chi connectivity index (χ0) is 25.7. The van der Waals surface area contributed by atoms with Crippen LogP contribution in [0.25, 0.3) is 6.08 Å². The van der Waals surface area contributed by atoms with Crippen LogP contribution >= 0.6 is 0 Å². The second kappa shape index (κ2) is 11.6. The topological polar surface area (TPSA) is 92.9 Å². The number of oxazole rings is 1. The number of fused-ring (bicyclic) bond motifs is 1. The van der Waals surface area contributed by atoms with Crippen LogP contribution in [0.15, 0.2) is 40.3 Å². The number of benzene rings is 1. The summed E-state index contributed by atoms with van der Waals surface area (Å²) in [5, 5.41) is 10.0. The number of carbonyl (C=O) groups is 2. The minimum atomic E-state index is -1.03. The van der Waals surface area contributed by atoms with Crippen LogP contribution in [0.5, 0.6) is 5.75 Å². The maximum Gasteiger partial charge on any atom is 0.331 e. The SMILES string of the molecule is Cc1oc(/C=C/CC(C)C)nc1CCOc1ccc2c(c1)C(C(=O)O)N(C(=O)C=C1CCCC1)CC2. The third-order valence-corrected chi connectivity index (χ3v) is 6.82. The first-order valence-corrected chi connectivity index (χ1v) is 12.9. The molecule has 0 saturated heterocycles. The van der Waals surface area contributed by atoms with Crippen molar-refractivity contribution in [1.82, 2.24) is 9.88 Å². The van der Waals surface area contributed by atoms with Crippen LogP contribution < -0.4 is 4.74 Å². The molecule has 2 aliphatic rings. The number of rotatable bonds is 9. The number of carboxylic acid groups (broad SMARTS) is 1. The Labute approximate surface area is 212 Å². The predicted octanol–water partition coefficient (Wildman–Crippen LogP) is 5.67. The number of carbonyl (C=O) groups excluding carboxylic acids is 1. The third kappa shape index (κ3) is 6.25. The van der Waals surface area contributed by atoms with Crippen LogP contribution in [0.1, 0.15) is 80.5 Å². The van der Waals surface area contributed by atoms with Crippen molar-refractivity contribution in [2.45, 2.75) is 71.8 Å². The highest BCUT2D eigenvalue weighted by Gasteiger charge is 2.35. The third-order valence-electron chi connectivity index (χ3n) is 6.82. The normalized spacial score (nSPS) is 17.6. The molecule has 1 amide bonds. The van der Waals surface area contributed by atoms with Gasteiger partial charge in [0.2, 0.25) is 11.8 Å². The molecule has 7 heteroatoms. The van der Waals surface area contributed by atoms with Gasteiger partial charge < -0.3 is 19.2 Å². The summed E-state index contributed by atoms with van der Waals surface area (Å²) in [6.45, 7) is 7.00. The van der Waals surface area contributed by atoms with E-state index in [4.69, 9.17) is 9.15 Å². The number of carboxylic acids is 1. The van der Waals surface area contributed by atoms with Crippen molar-refractivity contribution >= 4 is 18.0 Å². The van der Waals surface area contributed by atoms with Crippen molar-refractivity contribution in [3.05, 3.63) is 64.4 Å². The summed E-state index contributed by atoms with van der Waals surface area (Å²) >= 11 is 0. The van der Waals surface area contributed by atoms with E-state index in [9.17, 15) is 14.7 Å². The van der Waals surface area contributed by atoms with E-state index in [1.165, 1.54) is 4.90 Å². The van der Waals surface area contributed by atoms with Crippen molar-refractivity contribution in [1.29, 1.82) is 0 Å². The van der Waals surface area contributed by atoms with Crippen LogP contribution in [0.3, 0.4) is 0 Å². The molecule has 1 aromatic heterocycles. The second-order valence-electron chi connectivity index (χ2n) is 10.1. The van der Waals surface area contributed by atoms with E-state index in [0.29, 0.717) is 49.1 Å². The molecule has 1 atom stereocenters. The van der Waals surface area contributed by atoms with Gasteiger partial charge in [-0.1, -0.05) is 31.6 Å². The standard InChI is InChI=1S/C29H36N2O5/c1-19(2)7-6-10-26-30-25(20(3)36-26)14-16-35-23-12-11-22-13-15-31(28(29(33)34)24(22)18-23)27(32)17-21-8-4-5-9-21/h6,10-12,17-19,28H,4-5,7-9,13-16H2,1-3H3,(H,33,34)/b10-6+. The Morgan fingerprint density at radius 3 is 2.75 bits per heavy atom. The molecule has 0 bridgehead atoms. The summed E-state index contributed by atoms with van der Waals surface area (Å²) in [5.41, 5.74) is 3.53. The van der Waals surface area contributed by atoms with E-state index < -0.39 is 12.0 Å². The summed E-state index contributed by atoms with van der Waals surface area (Å²) in [4.78, 5) is 31.2. The average Bonchev–Trinajstić information content (AvgIpc) is 3.47. The van der Waals surface area contributed by atoms with Gasteiger partial charge in [0.1, 0.15) is 11.5 Å². The molecule has 1 N–H and O–H groups in total. The highest BCUT2D eigenvalue weighted by Crippen LogP contribution is 2.34. The van der Waals surface area contributed by atoms with Crippen molar-refractivity contribution < 1.29 is 23.8 Å². The van der Waals surface area contributed by atoms with Crippen molar-refractivity contribution in [3.8, 4) is 5.75 Å². The lowest BCUT2D eigenvalue weighted by atomic mass is 9.92. The van der Waals surface area contributed by atoms with Crippen LogP contribution in [-0.2, 0) is 22.4 Å². The zero-order valence-corrected chi connectivity index (χ0v) is 21.5. The highest BCUT2D eigenvalue weighted by atomic mass is 16.5. The molecule has 1 unspecified atom stereocenters. The van der Waals surface area contributed by atoms with Gasteiger partial charge in [-0.3, -0.25) is 4.79 Å². The van der Waals surface area contributed by atoms with Crippen LogP contribution in [-0.4, -0.2) is 40.0 Å². The zero-order valence-electron chi connectivity index (χ0n) is 21.5. The molecule has 1 fully saturated rings. The van der Waals surface area contributed by atoms with E-state index in [-0.39, 0.29) is 5.91 Å². The van der Waals surface area contributed by atoms with Gasteiger partial charge in [-0.05, 0) is 80.7 Å². The predicted molar refractivity (Wildman–Crippen MR) is 138 cm³/mol. The molecule has 1 saturated carbocycles. The van der Waals surface area contributed by atoms with E-state index in [2.05, 4.69) is 24.9 Å². The van der Waals surface area contributed by atoms with Crippen LogP contribution in [0, 0.1) is 12.8 Å². The summed E-state index contributed by atoms with van der Waals surface area (Å²) in [7, 11) is 0. The molecule has 7 nitrogen and oxygen atoms in total. The van der Waals surface area contributed by atoms with Gasteiger partial charge in [-0.15, -0.1) is 0 Å². The number of allylic oxidation sites excluding steroid dienone is 2. The monoisotopic (exact) mass is 492 g/mol. The van der Waals surface area contributed by atoms with Crippen LogP contribution in [0.2, 0.25) is 0 Å². The Bertz CT molecular complexity index is 1150. The molecule has 1 aliphatic heterocycles. The summed E-state index contributed by atoms with van der Waals surface area (Å²) in [6.07, 6.45) is 11.8. The van der Waals surface area contributed by atoms with Gasteiger partial charge >= 0.3 is 5.97 Å². The van der Waals surface area contributed by atoms with Gasteiger partial charge in [0.05, 0.1) is 12.3 Å². The number of aromatic nitrogens is 1. The number of nitrogens with zero attached hydrogens (tertiary/aromatic N) is 2. The van der Waals surface area contributed by atoms with Crippen molar-refractivity contribution in [2.75, 3.05) is 13.2 Å². The maximum absolute atomic E-state index is 13.0. The highest BCUT2D eigenvalue weighted by molar-refractivity contribution is 5.92. The minimum absolute atomic E-state index is 0.212. The fraction of sp³-hybridized carbons (Fsp3) is 0.483. The Hall–Kier alpha value is -3.35. The Morgan fingerprint density at radius 2 is 2.03 bits per heavy atom. The summed E-state index contributed by atoms with van der Waals surface area (Å²) < 4.78 is 11.7. The van der Waals surface area contributed by atoms with Crippen molar-refractivity contribution in [2.24, 2.45) is 5.92 Å². The molecule has 1 aromatic carbocycles. The van der Waals surface area contributed by atoms with E-state index in [0.717, 1.165) is 54.7 Å². The number of hydrogen-bond acceptors (Lipinski definition) is 5. The first-order chi connectivity index (χ1) is 17.3. The van der Waals surface area contributed by atoms with Crippen molar-refractivity contribution in [3.63, 3.8) is 0 Å². The average molecular weight is 493 g/mol. The Kier molecular flexibility index (Phi) is 8.28. The number of aliphatic carboxylic acids is 1. The molecular formula is C29H36N2O5. The minimum Gasteiger partial charge on any atom is -0.493 e. The molecule has 2 heterocycles. The van der Waals surface area contributed by atoms with Gasteiger partial charge in [0, 0.05) is 19.0 Å². The fourth-order valence-corrected chi connectivity index (χ4v) is 4.88. The molecule has 2 aromatic rings. The first-order valence-electron chi connectivity index (χ1n) is 12.9. The lowest BCUT2D eigenvalue weighted by Gasteiger charge is -2.34. The van der Waals surface area contributed by atoms with E-state index >= 15 is 0 Å². The quantitative estimate of drug-likeness (QED) is 0.453. The van der Waals surface area contributed by atoms with Gasteiger partial charge in [-0.2, -0.15) is 0 Å². The molecule has 0 spiro atoms. The molecule has 1 aliphatic carbocycles. The number of amides is 1. The second-order valence-corrected chi connectivity index (χ2v) is 10.1. The number of hydrogen-bond donors (Lipinski definition) is 1. The van der Waals surface area contributed by atoms with Gasteiger partial charge in [0.25, 0.3) is 0 Å². The maximum atomic E-state index is 13.0.